The summed E-state index contributed by atoms with van der Waals surface area (Å²) in [6.07, 6.45) is 5.23. The van der Waals surface area contributed by atoms with Crippen LogP contribution in [0.15, 0.2) is 12.2 Å². The molecule has 1 aliphatic heterocycles. The summed E-state index contributed by atoms with van der Waals surface area (Å²) >= 11 is 0. The Labute approximate surface area is 94.3 Å². The van der Waals surface area contributed by atoms with Crippen LogP contribution in [0.5, 0.6) is 0 Å². The molecule has 1 saturated heterocycles. The summed E-state index contributed by atoms with van der Waals surface area (Å²) in [5.41, 5.74) is 0. The topological polar surface area (TPSA) is 63.6 Å². The van der Waals surface area contributed by atoms with E-state index in [9.17, 15) is 9.59 Å². The predicted molar refractivity (Wildman–Crippen MR) is 56.7 cm³/mol. The van der Waals surface area contributed by atoms with Gasteiger partial charge in [0.1, 0.15) is 6.10 Å². The number of esters is 1. The first-order valence-electron chi connectivity index (χ1n) is 5.71. The first-order chi connectivity index (χ1) is 7.61. The van der Waals surface area contributed by atoms with E-state index in [1.54, 1.807) is 0 Å². The maximum Gasteiger partial charge on any atom is 0.306 e. The molecule has 1 aliphatic carbocycles. The molecule has 1 fully saturated rings. The molecule has 16 heavy (non-hydrogen) atoms. The van der Waals surface area contributed by atoms with Gasteiger partial charge in [-0.1, -0.05) is 19.1 Å². The third kappa shape index (κ3) is 1.96. The number of ether oxygens (including phenoxy) is 1. The minimum absolute atomic E-state index is 0.0542. The summed E-state index contributed by atoms with van der Waals surface area (Å²) in [6.45, 7) is 2.05. The number of carboxylic acid groups (broad SMARTS) is 1. The normalized spacial score (nSPS) is 36.9. The summed E-state index contributed by atoms with van der Waals surface area (Å²) in [5.74, 6) is -0.757. The molecule has 0 spiro atoms. The average molecular weight is 224 g/mol. The molecule has 0 unspecified atom stereocenters. The van der Waals surface area contributed by atoms with E-state index in [1.807, 2.05) is 12.2 Å². The third-order valence-electron chi connectivity index (χ3n) is 3.55. The van der Waals surface area contributed by atoms with Gasteiger partial charge in [-0.3, -0.25) is 9.59 Å². The van der Waals surface area contributed by atoms with E-state index >= 15 is 0 Å². The summed E-state index contributed by atoms with van der Waals surface area (Å²) in [5, 5.41) is 8.82. The van der Waals surface area contributed by atoms with Crippen LogP contribution in [0.4, 0.5) is 0 Å². The van der Waals surface area contributed by atoms with Crippen molar-refractivity contribution in [3.8, 4) is 0 Å². The zero-order chi connectivity index (χ0) is 11.7. The molecular weight excluding hydrogens is 208 g/mol. The molecule has 0 aromatic carbocycles. The molecule has 1 heterocycles. The highest BCUT2D eigenvalue weighted by molar-refractivity contribution is 5.73. The molecular formula is C12H16O4. The van der Waals surface area contributed by atoms with Gasteiger partial charge in [0.2, 0.25) is 0 Å². The van der Waals surface area contributed by atoms with Crippen LogP contribution in [0.1, 0.15) is 26.2 Å². The molecule has 4 nitrogen and oxygen atoms in total. The van der Waals surface area contributed by atoms with Crippen molar-refractivity contribution >= 4 is 11.9 Å². The fourth-order valence-corrected chi connectivity index (χ4v) is 2.72. The van der Waals surface area contributed by atoms with Crippen LogP contribution in [-0.4, -0.2) is 23.1 Å². The maximum absolute atomic E-state index is 11.3. The lowest BCUT2D eigenvalue weighted by atomic mass is 9.74. The summed E-state index contributed by atoms with van der Waals surface area (Å²) in [7, 11) is 0. The Kier molecular flexibility index (Phi) is 2.99. The van der Waals surface area contributed by atoms with E-state index in [-0.39, 0.29) is 36.2 Å². The largest absolute Gasteiger partial charge is 0.481 e. The Morgan fingerprint density at radius 2 is 2.19 bits per heavy atom. The van der Waals surface area contributed by atoms with Crippen molar-refractivity contribution in [3.05, 3.63) is 12.2 Å². The standard InChI is InChI=1S/C12H16O4/c1-2-7-3-4-8(5-10(13)14)9-6-11(15)16-12(7)9/h3-4,7-9,12H,2,5-6H2,1H3,(H,13,14)/t7-,8+,9-,12+/m0/s1. The van der Waals surface area contributed by atoms with Crippen molar-refractivity contribution in [2.24, 2.45) is 17.8 Å². The fourth-order valence-electron chi connectivity index (χ4n) is 2.72. The molecule has 0 aromatic rings. The van der Waals surface area contributed by atoms with Crippen LogP contribution < -0.4 is 0 Å². The zero-order valence-electron chi connectivity index (χ0n) is 9.26. The Morgan fingerprint density at radius 1 is 1.50 bits per heavy atom. The van der Waals surface area contributed by atoms with Crippen molar-refractivity contribution < 1.29 is 19.4 Å². The minimum atomic E-state index is -0.817. The molecule has 2 aliphatic rings. The molecule has 2 rings (SSSR count). The Hall–Kier alpha value is -1.32. The minimum Gasteiger partial charge on any atom is -0.481 e. The molecule has 0 aromatic heterocycles. The second-order valence-corrected chi connectivity index (χ2v) is 4.54. The molecule has 88 valence electrons. The van der Waals surface area contributed by atoms with Gasteiger partial charge in [-0.25, -0.2) is 0 Å². The highest BCUT2D eigenvalue weighted by atomic mass is 16.6. The molecule has 4 atom stereocenters. The van der Waals surface area contributed by atoms with E-state index in [0.29, 0.717) is 6.42 Å². The van der Waals surface area contributed by atoms with Crippen LogP contribution in [0.3, 0.4) is 0 Å². The van der Waals surface area contributed by atoms with E-state index in [4.69, 9.17) is 9.84 Å². The van der Waals surface area contributed by atoms with E-state index in [1.165, 1.54) is 0 Å². The number of carbonyl (C=O) groups is 2. The Balaban J connectivity index is 2.17. The van der Waals surface area contributed by atoms with Gasteiger partial charge in [0.25, 0.3) is 0 Å². The lowest BCUT2D eigenvalue weighted by molar-refractivity contribution is -0.143. The van der Waals surface area contributed by atoms with E-state index < -0.39 is 5.97 Å². The van der Waals surface area contributed by atoms with Crippen LogP contribution in [-0.2, 0) is 14.3 Å². The zero-order valence-corrected chi connectivity index (χ0v) is 9.26. The summed E-state index contributed by atoms with van der Waals surface area (Å²) in [6, 6.07) is 0. The van der Waals surface area contributed by atoms with Gasteiger partial charge < -0.3 is 9.84 Å². The van der Waals surface area contributed by atoms with Gasteiger partial charge >= 0.3 is 11.9 Å². The Morgan fingerprint density at radius 3 is 2.81 bits per heavy atom. The van der Waals surface area contributed by atoms with Gasteiger partial charge in [0.05, 0.1) is 12.8 Å². The van der Waals surface area contributed by atoms with Crippen molar-refractivity contribution in [2.45, 2.75) is 32.3 Å². The molecule has 0 saturated carbocycles. The molecule has 0 bridgehead atoms. The highest BCUT2D eigenvalue weighted by Crippen LogP contribution is 2.40. The first-order valence-corrected chi connectivity index (χ1v) is 5.71. The maximum atomic E-state index is 11.3. The second-order valence-electron chi connectivity index (χ2n) is 4.54. The second kappa shape index (κ2) is 4.28. The Bertz CT molecular complexity index is 334. The van der Waals surface area contributed by atoms with Crippen LogP contribution in [0, 0.1) is 17.8 Å². The smallest absolute Gasteiger partial charge is 0.306 e. The van der Waals surface area contributed by atoms with Crippen molar-refractivity contribution in [1.82, 2.24) is 0 Å². The SMILES string of the molecule is CC[C@H]1C=C[C@H](CC(=O)O)[C@@H]2CC(=O)O[C@@H]21. The molecule has 4 heteroatoms. The monoisotopic (exact) mass is 224 g/mol. The number of carbonyl (C=O) groups excluding carboxylic acids is 1. The van der Waals surface area contributed by atoms with Crippen molar-refractivity contribution in [1.29, 1.82) is 0 Å². The van der Waals surface area contributed by atoms with Gasteiger partial charge in [-0.05, 0) is 12.3 Å². The highest BCUT2D eigenvalue weighted by Gasteiger charge is 2.44. The number of allylic oxidation sites excluding steroid dienone is 1. The molecule has 0 radical (unpaired) electrons. The van der Waals surface area contributed by atoms with E-state index in [2.05, 4.69) is 6.92 Å². The van der Waals surface area contributed by atoms with Gasteiger partial charge in [0, 0.05) is 11.8 Å². The molecule has 1 N–H and O–H groups in total. The first kappa shape index (κ1) is 11.2. The summed E-state index contributed by atoms with van der Waals surface area (Å²) < 4.78 is 5.30. The number of fused-ring (bicyclic) bond motifs is 1. The summed E-state index contributed by atoms with van der Waals surface area (Å²) in [4.78, 5) is 22.0. The average Bonchev–Trinajstić information content (AvgIpc) is 2.59. The lowest BCUT2D eigenvalue weighted by Crippen LogP contribution is -2.33. The number of aliphatic carboxylic acids is 1. The predicted octanol–water partition coefficient (Wildman–Crippen LogP) is 1.60. The number of rotatable bonds is 3. The van der Waals surface area contributed by atoms with Gasteiger partial charge in [-0.2, -0.15) is 0 Å². The number of carboxylic acids is 1. The van der Waals surface area contributed by atoms with Crippen molar-refractivity contribution in [3.63, 3.8) is 0 Å². The van der Waals surface area contributed by atoms with Gasteiger partial charge in [-0.15, -0.1) is 0 Å². The third-order valence-corrected chi connectivity index (χ3v) is 3.55. The van der Waals surface area contributed by atoms with Crippen LogP contribution >= 0.6 is 0 Å². The quantitative estimate of drug-likeness (QED) is 0.584. The van der Waals surface area contributed by atoms with Crippen LogP contribution in [0.25, 0.3) is 0 Å². The van der Waals surface area contributed by atoms with Crippen LogP contribution in [0.2, 0.25) is 0 Å². The molecule has 0 amide bonds. The lowest BCUT2D eigenvalue weighted by Gasteiger charge is -2.32. The van der Waals surface area contributed by atoms with Crippen molar-refractivity contribution in [2.75, 3.05) is 0 Å². The fraction of sp³-hybridized carbons (Fsp3) is 0.667. The van der Waals surface area contributed by atoms with E-state index in [0.717, 1.165) is 6.42 Å². The number of hydrogen-bond acceptors (Lipinski definition) is 3. The van der Waals surface area contributed by atoms with Gasteiger partial charge in [0.15, 0.2) is 0 Å². The number of hydrogen-bond donors (Lipinski definition) is 1.